The Morgan fingerprint density at radius 3 is 2.59 bits per heavy atom. The first-order valence-electron chi connectivity index (χ1n) is 5.41. The molecule has 0 aliphatic heterocycles. The fraction of sp³-hybridized carbons (Fsp3) is 0.500. The maximum Gasteiger partial charge on any atom is 0.306 e. The fourth-order valence-electron chi connectivity index (χ4n) is 1.34. The van der Waals surface area contributed by atoms with Crippen LogP contribution in [0.25, 0.3) is 0 Å². The van der Waals surface area contributed by atoms with Crippen molar-refractivity contribution in [3.05, 3.63) is 21.4 Å². The van der Waals surface area contributed by atoms with Crippen LogP contribution in [0.5, 0.6) is 0 Å². The molecule has 0 fully saturated rings. The summed E-state index contributed by atoms with van der Waals surface area (Å²) in [6.45, 7) is 4.63. The van der Waals surface area contributed by atoms with Crippen molar-refractivity contribution in [2.24, 2.45) is 0 Å². The summed E-state index contributed by atoms with van der Waals surface area (Å²) in [5, 5.41) is 4.84. The van der Waals surface area contributed by atoms with Crippen LogP contribution in [-0.4, -0.2) is 19.0 Å². The van der Waals surface area contributed by atoms with E-state index in [1.807, 2.05) is 12.3 Å². The van der Waals surface area contributed by atoms with Crippen LogP contribution in [0.15, 0.2) is 5.38 Å². The molecule has 0 aromatic carbocycles. The van der Waals surface area contributed by atoms with Crippen molar-refractivity contribution in [3.63, 3.8) is 0 Å². The number of nitrogens with one attached hydrogen (secondary N) is 1. The summed E-state index contributed by atoms with van der Waals surface area (Å²) in [6, 6.07) is 0. The van der Waals surface area contributed by atoms with Gasteiger partial charge in [-0.3, -0.25) is 9.59 Å². The second kappa shape index (κ2) is 6.39. The van der Waals surface area contributed by atoms with E-state index in [0.717, 1.165) is 5.56 Å². The lowest BCUT2D eigenvalue weighted by molar-refractivity contribution is -0.142. The minimum Gasteiger partial charge on any atom is -0.469 e. The van der Waals surface area contributed by atoms with E-state index in [1.54, 1.807) is 11.3 Å². The molecule has 1 rings (SSSR count). The average Bonchev–Trinajstić information content (AvgIpc) is 2.64. The number of carbonyl (C=O) groups excluding carboxylic acids is 2. The molecule has 0 bridgehead atoms. The third-order valence-electron chi connectivity index (χ3n) is 2.65. The molecule has 0 aliphatic carbocycles. The summed E-state index contributed by atoms with van der Waals surface area (Å²) in [4.78, 5) is 23.6. The lowest BCUT2D eigenvalue weighted by atomic mass is 10.2. The molecule has 94 valence electrons. The molecular formula is C12H17NO3S. The minimum absolute atomic E-state index is 0.126. The van der Waals surface area contributed by atoms with Gasteiger partial charge in [-0.1, -0.05) is 0 Å². The zero-order valence-corrected chi connectivity index (χ0v) is 11.1. The molecule has 0 atom stereocenters. The summed E-state index contributed by atoms with van der Waals surface area (Å²) in [5.74, 6) is -0.485. The quantitative estimate of drug-likeness (QED) is 0.818. The highest BCUT2D eigenvalue weighted by Crippen LogP contribution is 2.20. The van der Waals surface area contributed by atoms with E-state index in [9.17, 15) is 9.59 Å². The van der Waals surface area contributed by atoms with Gasteiger partial charge in [-0.25, -0.2) is 0 Å². The molecule has 4 nitrogen and oxygen atoms in total. The van der Waals surface area contributed by atoms with Crippen LogP contribution < -0.4 is 5.32 Å². The lowest BCUT2D eigenvalue weighted by Crippen LogP contribution is -2.23. The minimum atomic E-state index is -0.359. The van der Waals surface area contributed by atoms with Gasteiger partial charge in [-0.05, 0) is 30.4 Å². The number of hydrogen-bond acceptors (Lipinski definition) is 4. The molecule has 0 radical (unpaired) electrons. The predicted octanol–water partition coefficient (Wildman–Crippen LogP) is 1.93. The number of esters is 1. The van der Waals surface area contributed by atoms with Gasteiger partial charge in [-0.15, -0.1) is 11.3 Å². The zero-order chi connectivity index (χ0) is 12.8. The van der Waals surface area contributed by atoms with Gasteiger partial charge in [0.05, 0.1) is 13.5 Å². The number of rotatable bonds is 5. The van der Waals surface area contributed by atoms with Crippen LogP contribution in [0, 0.1) is 13.8 Å². The highest BCUT2D eigenvalue weighted by atomic mass is 32.1. The van der Waals surface area contributed by atoms with Crippen LogP contribution in [0.1, 0.15) is 28.8 Å². The normalized spacial score (nSPS) is 10.1. The van der Waals surface area contributed by atoms with E-state index in [2.05, 4.69) is 17.0 Å². The van der Waals surface area contributed by atoms with Crippen molar-refractivity contribution in [2.75, 3.05) is 7.11 Å². The number of methoxy groups -OCH3 is 1. The number of amides is 1. The first kappa shape index (κ1) is 13.7. The first-order valence-corrected chi connectivity index (χ1v) is 6.29. The molecular weight excluding hydrogens is 238 g/mol. The molecule has 1 heterocycles. The van der Waals surface area contributed by atoms with Crippen molar-refractivity contribution in [2.45, 2.75) is 33.2 Å². The molecule has 1 amide bonds. The van der Waals surface area contributed by atoms with Gasteiger partial charge in [0.15, 0.2) is 0 Å². The second-order valence-electron chi connectivity index (χ2n) is 3.79. The van der Waals surface area contributed by atoms with Crippen LogP contribution in [0.2, 0.25) is 0 Å². The maximum atomic E-state index is 11.4. The summed E-state index contributed by atoms with van der Waals surface area (Å²) >= 11 is 1.68. The molecule has 0 saturated heterocycles. The molecule has 1 N–H and O–H groups in total. The predicted molar refractivity (Wildman–Crippen MR) is 66.9 cm³/mol. The van der Waals surface area contributed by atoms with E-state index < -0.39 is 0 Å². The highest BCUT2D eigenvalue weighted by molar-refractivity contribution is 7.10. The molecule has 1 aromatic rings. The third kappa shape index (κ3) is 4.19. The number of aryl methyl sites for hydroxylation is 1. The van der Waals surface area contributed by atoms with E-state index in [1.165, 1.54) is 17.6 Å². The fourth-order valence-corrected chi connectivity index (χ4v) is 2.22. The van der Waals surface area contributed by atoms with Gasteiger partial charge >= 0.3 is 5.97 Å². The Bertz CT molecular complexity index is 412. The van der Waals surface area contributed by atoms with Gasteiger partial charge in [0, 0.05) is 17.8 Å². The van der Waals surface area contributed by atoms with Crippen molar-refractivity contribution < 1.29 is 14.3 Å². The van der Waals surface area contributed by atoms with Gasteiger partial charge in [0.1, 0.15) is 0 Å². The zero-order valence-electron chi connectivity index (χ0n) is 10.3. The van der Waals surface area contributed by atoms with E-state index >= 15 is 0 Å². The maximum absolute atomic E-state index is 11.4. The van der Waals surface area contributed by atoms with Crippen LogP contribution in [0.4, 0.5) is 0 Å². The van der Waals surface area contributed by atoms with E-state index in [-0.39, 0.29) is 24.7 Å². The molecule has 0 spiro atoms. The average molecular weight is 255 g/mol. The SMILES string of the molecule is COC(=O)CCC(=O)NCc1csc(C)c1C. The van der Waals surface area contributed by atoms with Gasteiger partial charge in [0.25, 0.3) is 0 Å². The smallest absolute Gasteiger partial charge is 0.306 e. The molecule has 1 aromatic heterocycles. The largest absolute Gasteiger partial charge is 0.469 e. The summed E-state index contributed by atoms with van der Waals surface area (Å²) in [6.07, 6.45) is 0.304. The molecule has 0 saturated carbocycles. The number of thiophene rings is 1. The lowest BCUT2D eigenvalue weighted by Gasteiger charge is -2.04. The Balaban J connectivity index is 2.33. The van der Waals surface area contributed by atoms with E-state index in [0.29, 0.717) is 6.54 Å². The molecule has 17 heavy (non-hydrogen) atoms. The van der Waals surface area contributed by atoms with Gasteiger partial charge in [-0.2, -0.15) is 0 Å². The van der Waals surface area contributed by atoms with Crippen LogP contribution in [0.3, 0.4) is 0 Å². The van der Waals surface area contributed by atoms with Crippen molar-refractivity contribution in [1.82, 2.24) is 5.32 Å². The van der Waals surface area contributed by atoms with Crippen LogP contribution in [-0.2, 0) is 20.9 Å². The Kier molecular flexibility index (Phi) is 5.15. The first-order chi connectivity index (χ1) is 8.04. The summed E-state index contributed by atoms with van der Waals surface area (Å²) in [7, 11) is 1.32. The van der Waals surface area contributed by atoms with Gasteiger partial charge in [0.2, 0.25) is 5.91 Å². The topological polar surface area (TPSA) is 55.4 Å². The Morgan fingerprint density at radius 1 is 1.35 bits per heavy atom. The van der Waals surface area contributed by atoms with E-state index in [4.69, 9.17) is 0 Å². The Hall–Kier alpha value is -1.36. The van der Waals surface area contributed by atoms with Crippen LogP contribution >= 0.6 is 11.3 Å². The summed E-state index contributed by atoms with van der Waals surface area (Å²) < 4.78 is 4.47. The Labute approximate surface area is 105 Å². The monoisotopic (exact) mass is 255 g/mol. The van der Waals surface area contributed by atoms with Gasteiger partial charge < -0.3 is 10.1 Å². The van der Waals surface area contributed by atoms with Crippen molar-refractivity contribution in [1.29, 1.82) is 0 Å². The molecule has 5 heteroatoms. The number of hydrogen-bond donors (Lipinski definition) is 1. The molecule has 0 unspecified atom stereocenters. The standard InChI is InChI=1S/C12H17NO3S/c1-8-9(2)17-7-10(8)6-13-11(14)4-5-12(15)16-3/h7H,4-6H2,1-3H3,(H,13,14). The third-order valence-corrected chi connectivity index (χ3v) is 3.71. The number of carbonyl (C=O) groups is 2. The van der Waals surface area contributed by atoms with Crippen molar-refractivity contribution >= 4 is 23.2 Å². The second-order valence-corrected chi connectivity index (χ2v) is 4.88. The summed E-state index contributed by atoms with van der Waals surface area (Å²) in [5.41, 5.74) is 2.36. The number of ether oxygens (including phenoxy) is 1. The Morgan fingerprint density at radius 2 is 2.06 bits per heavy atom. The molecule has 0 aliphatic rings. The highest BCUT2D eigenvalue weighted by Gasteiger charge is 2.08. The van der Waals surface area contributed by atoms with Crippen molar-refractivity contribution in [3.8, 4) is 0 Å².